The van der Waals surface area contributed by atoms with E-state index in [0.717, 1.165) is 29.8 Å². The first-order valence-electron chi connectivity index (χ1n) is 7.10. The number of hydrogen-bond donors (Lipinski definition) is 1. The van der Waals surface area contributed by atoms with Crippen LogP contribution in [0.2, 0.25) is 0 Å². The number of benzene rings is 1. The van der Waals surface area contributed by atoms with Crippen molar-refractivity contribution in [3.8, 4) is 5.75 Å². The van der Waals surface area contributed by atoms with E-state index in [0.29, 0.717) is 5.54 Å². The van der Waals surface area contributed by atoms with E-state index < -0.39 is 5.97 Å². The first-order chi connectivity index (χ1) is 9.35. The second-order valence-electron chi connectivity index (χ2n) is 6.30. The fourth-order valence-electron chi connectivity index (χ4n) is 3.45. The molecule has 1 saturated heterocycles. The Bertz CT molecular complexity index is 608. The van der Waals surface area contributed by atoms with Crippen molar-refractivity contribution in [1.29, 1.82) is 0 Å². The van der Waals surface area contributed by atoms with Gasteiger partial charge in [-0.3, -0.25) is 0 Å². The standard InChI is InChI=1S/C16H21NO3/c1-9-10(2)15(20-7-13(18)19)11(3)12-5-6-16(4)8-17(16)14(9)12/h5-8H2,1-4H3,(H,18,19). The van der Waals surface area contributed by atoms with Crippen LogP contribution in [-0.2, 0) is 11.2 Å². The first kappa shape index (κ1) is 13.3. The van der Waals surface area contributed by atoms with Crippen LogP contribution in [0.25, 0.3) is 0 Å². The summed E-state index contributed by atoms with van der Waals surface area (Å²) in [6, 6.07) is 0. The molecule has 1 N–H and O–H groups in total. The molecule has 4 heteroatoms. The minimum Gasteiger partial charge on any atom is -0.481 e. The van der Waals surface area contributed by atoms with Gasteiger partial charge in [0.15, 0.2) is 6.61 Å². The average molecular weight is 275 g/mol. The van der Waals surface area contributed by atoms with Crippen molar-refractivity contribution in [2.24, 2.45) is 0 Å². The second-order valence-corrected chi connectivity index (χ2v) is 6.30. The van der Waals surface area contributed by atoms with Crippen LogP contribution in [-0.4, -0.2) is 29.8 Å². The molecular weight excluding hydrogens is 254 g/mol. The normalized spacial score (nSPS) is 23.1. The Kier molecular flexibility index (Phi) is 2.75. The molecule has 0 spiro atoms. The lowest BCUT2D eigenvalue weighted by Crippen LogP contribution is -2.23. The van der Waals surface area contributed by atoms with Crippen LogP contribution in [0.15, 0.2) is 0 Å². The van der Waals surface area contributed by atoms with Gasteiger partial charge in [-0.25, -0.2) is 4.79 Å². The van der Waals surface area contributed by atoms with Crippen LogP contribution in [0, 0.1) is 20.8 Å². The molecule has 2 aliphatic rings. The van der Waals surface area contributed by atoms with E-state index in [1.165, 1.54) is 23.2 Å². The quantitative estimate of drug-likeness (QED) is 0.861. The summed E-state index contributed by atoms with van der Waals surface area (Å²) in [6.45, 7) is 9.36. The molecule has 0 radical (unpaired) electrons. The van der Waals surface area contributed by atoms with Gasteiger partial charge in [-0.1, -0.05) is 0 Å². The van der Waals surface area contributed by atoms with Crippen molar-refractivity contribution in [3.63, 3.8) is 0 Å². The minimum absolute atomic E-state index is 0.276. The lowest BCUT2D eigenvalue weighted by atomic mass is 9.88. The Morgan fingerprint density at radius 1 is 1.30 bits per heavy atom. The summed E-state index contributed by atoms with van der Waals surface area (Å²) in [5.74, 6) is -0.174. The van der Waals surface area contributed by atoms with Crippen LogP contribution in [0.4, 0.5) is 5.69 Å². The lowest BCUT2D eigenvalue weighted by molar-refractivity contribution is -0.139. The van der Waals surface area contributed by atoms with E-state index in [4.69, 9.17) is 9.84 Å². The van der Waals surface area contributed by atoms with Gasteiger partial charge in [0.25, 0.3) is 0 Å². The molecule has 1 fully saturated rings. The Morgan fingerprint density at radius 2 is 2.00 bits per heavy atom. The van der Waals surface area contributed by atoms with E-state index in [1.54, 1.807) is 0 Å². The minimum atomic E-state index is -0.933. The molecule has 2 heterocycles. The summed E-state index contributed by atoms with van der Waals surface area (Å²) >= 11 is 0. The van der Waals surface area contributed by atoms with Gasteiger partial charge in [-0.05, 0) is 62.8 Å². The summed E-state index contributed by atoms with van der Waals surface area (Å²) in [4.78, 5) is 13.2. The van der Waals surface area contributed by atoms with E-state index in [9.17, 15) is 4.79 Å². The highest BCUT2D eigenvalue weighted by atomic mass is 16.5. The number of nitrogens with zero attached hydrogens (tertiary/aromatic N) is 1. The van der Waals surface area contributed by atoms with Gasteiger partial charge >= 0.3 is 5.97 Å². The van der Waals surface area contributed by atoms with Crippen LogP contribution >= 0.6 is 0 Å². The maximum Gasteiger partial charge on any atom is 0.341 e. The molecule has 4 nitrogen and oxygen atoms in total. The van der Waals surface area contributed by atoms with Crippen molar-refractivity contribution >= 4 is 11.7 Å². The number of hydrogen-bond acceptors (Lipinski definition) is 3. The molecule has 20 heavy (non-hydrogen) atoms. The zero-order valence-electron chi connectivity index (χ0n) is 12.5. The number of ether oxygens (including phenoxy) is 1. The number of aliphatic carboxylic acids is 1. The predicted molar refractivity (Wildman–Crippen MR) is 77.9 cm³/mol. The summed E-state index contributed by atoms with van der Waals surface area (Å²) in [7, 11) is 0. The largest absolute Gasteiger partial charge is 0.481 e. The second kappa shape index (κ2) is 4.14. The van der Waals surface area contributed by atoms with E-state index >= 15 is 0 Å². The molecule has 108 valence electrons. The first-order valence-corrected chi connectivity index (χ1v) is 7.10. The Hall–Kier alpha value is -1.71. The maximum atomic E-state index is 10.7. The maximum absolute atomic E-state index is 10.7. The van der Waals surface area contributed by atoms with Crippen LogP contribution < -0.4 is 9.64 Å². The predicted octanol–water partition coefficient (Wildman–Crippen LogP) is 2.60. The van der Waals surface area contributed by atoms with Gasteiger partial charge in [0, 0.05) is 12.2 Å². The van der Waals surface area contributed by atoms with Gasteiger partial charge in [-0.15, -0.1) is 0 Å². The van der Waals surface area contributed by atoms with Gasteiger partial charge < -0.3 is 14.7 Å². The Balaban J connectivity index is 2.07. The third kappa shape index (κ3) is 1.78. The number of carbonyl (C=O) groups is 1. The van der Waals surface area contributed by atoms with Crippen molar-refractivity contribution in [1.82, 2.24) is 0 Å². The number of anilines is 1. The molecule has 1 atom stereocenters. The van der Waals surface area contributed by atoms with Gasteiger partial charge in [0.2, 0.25) is 0 Å². The van der Waals surface area contributed by atoms with Gasteiger partial charge in [0.1, 0.15) is 5.75 Å². The highest BCUT2D eigenvalue weighted by Gasteiger charge is 2.51. The van der Waals surface area contributed by atoms with Crippen LogP contribution in [0.3, 0.4) is 0 Å². The molecule has 3 rings (SSSR count). The number of carboxylic acids is 1. The van der Waals surface area contributed by atoms with Crippen molar-refractivity contribution in [3.05, 3.63) is 22.3 Å². The van der Waals surface area contributed by atoms with Gasteiger partial charge in [0.05, 0.1) is 5.54 Å². The van der Waals surface area contributed by atoms with Crippen LogP contribution in [0.5, 0.6) is 5.75 Å². The molecule has 1 aromatic rings. The highest BCUT2D eigenvalue weighted by Crippen LogP contribution is 2.52. The van der Waals surface area contributed by atoms with Crippen molar-refractivity contribution in [2.45, 2.75) is 46.1 Å². The highest BCUT2D eigenvalue weighted by molar-refractivity contribution is 5.75. The molecule has 0 aliphatic carbocycles. The van der Waals surface area contributed by atoms with Crippen LogP contribution in [0.1, 0.15) is 35.6 Å². The molecule has 1 aromatic carbocycles. The van der Waals surface area contributed by atoms with E-state index in [2.05, 4.69) is 25.7 Å². The average Bonchev–Trinajstić information content (AvgIpc) is 3.06. The number of fused-ring (bicyclic) bond motifs is 3. The monoisotopic (exact) mass is 275 g/mol. The number of rotatable bonds is 3. The van der Waals surface area contributed by atoms with E-state index in [-0.39, 0.29) is 6.61 Å². The fraction of sp³-hybridized carbons (Fsp3) is 0.562. The fourth-order valence-corrected chi connectivity index (χ4v) is 3.45. The molecule has 0 bridgehead atoms. The summed E-state index contributed by atoms with van der Waals surface area (Å²) in [5, 5.41) is 8.81. The molecule has 2 aliphatic heterocycles. The smallest absolute Gasteiger partial charge is 0.341 e. The SMILES string of the molecule is Cc1c(C)c2c(c(C)c1OCC(=O)O)CCC1(C)CN21. The zero-order chi connectivity index (χ0) is 14.7. The summed E-state index contributed by atoms with van der Waals surface area (Å²) in [6.07, 6.45) is 2.22. The zero-order valence-corrected chi connectivity index (χ0v) is 12.5. The summed E-state index contributed by atoms with van der Waals surface area (Å²) < 4.78 is 5.53. The van der Waals surface area contributed by atoms with Crippen molar-refractivity contribution < 1.29 is 14.6 Å². The molecule has 0 aromatic heterocycles. The molecule has 0 amide bonds. The van der Waals surface area contributed by atoms with Crippen molar-refractivity contribution in [2.75, 3.05) is 18.1 Å². The molecule has 1 unspecified atom stereocenters. The summed E-state index contributed by atoms with van der Waals surface area (Å²) in [5.41, 5.74) is 6.45. The van der Waals surface area contributed by atoms with Gasteiger partial charge in [-0.2, -0.15) is 0 Å². The third-order valence-electron chi connectivity index (χ3n) is 4.91. The topological polar surface area (TPSA) is 49.5 Å². The molecule has 0 saturated carbocycles. The third-order valence-corrected chi connectivity index (χ3v) is 4.91. The number of carboxylic acid groups (broad SMARTS) is 1. The molecular formula is C16H21NO3. The Morgan fingerprint density at radius 3 is 2.65 bits per heavy atom. The Labute approximate surface area is 119 Å². The van der Waals surface area contributed by atoms with E-state index in [1.807, 2.05) is 6.92 Å². The lowest BCUT2D eigenvalue weighted by Gasteiger charge is -2.29.